The minimum absolute atomic E-state index is 0.0303. The van der Waals surface area contributed by atoms with Gasteiger partial charge in [-0.05, 0) is 123 Å². The van der Waals surface area contributed by atoms with Crippen molar-refractivity contribution >= 4 is 5.97 Å². The summed E-state index contributed by atoms with van der Waals surface area (Å²) in [5, 5.41) is 0. The Bertz CT molecular complexity index is 1350. The van der Waals surface area contributed by atoms with E-state index in [1.54, 1.807) is 7.11 Å². The van der Waals surface area contributed by atoms with Crippen LogP contribution in [0.2, 0.25) is 0 Å². The molecule has 0 N–H and O–H groups in total. The summed E-state index contributed by atoms with van der Waals surface area (Å²) in [5.41, 5.74) is -0.873. The molecule has 49 heavy (non-hydrogen) atoms. The Hall–Kier alpha value is -2.82. The molecule has 10 heteroatoms. The topological polar surface area (TPSA) is 60.5 Å². The Morgan fingerprint density at radius 3 is 2.12 bits per heavy atom. The van der Waals surface area contributed by atoms with Gasteiger partial charge in [-0.15, -0.1) is 0 Å². The van der Waals surface area contributed by atoms with Crippen LogP contribution in [0.25, 0.3) is 0 Å². The molecule has 0 aromatic heterocycles. The molecule has 2 aliphatic heterocycles. The minimum Gasteiger partial charge on any atom is -0.497 e. The van der Waals surface area contributed by atoms with E-state index in [1.165, 1.54) is 13.8 Å². The summed E-state index contributed by atoms with van der Waals surface area (Å²) in [5.74, 6) is 1.29. The van der Waals surface area contributed by atoms with E-state index in [-0.39, 0.29) is 36.2 Å². The maximum absolute atomic E-state index is 14.2. The van der Waals surface area contributed by atoms with Crippen LogP contribution in [0.1, 0.15) is 91.7 Å². The second-order valence-corrected chi connectivity index (χ2v) is 16.2. The molecule has 2 saturated heterocycles. The molecule has 7 nitrogen and oxygen atoms in total. The van der Waals surface area contributed by atoms with E-state index in [0.29, 0.717) is 26.1 Å². The van der Waals surface area contributed by atoms with Crippen LogP contribution < -0.4 is 9.47 Å². The number of carbonyl (C=O) groups is 1. The number of ether oxygens (including phenoxy) is 4. The second-order valence-electron chi connectivity index (χ2n) is 16.2. The number of methoxy groups -OCH3 is 1. The predicted octanol–water partition coefficient (Wildman–Crippen LogP) is 8.19. The summed E-state index contributed by atoms with van der Waals surface area (Å²) >= 11 is 0. The third kappa shape index (κ3) is 11.3. The van der Waals surface area contributed by atoms with Crippen molar-refractivity contribution in [3.63, 3.8) is 0 Å². The maximum Gasteiger partial charge on any atom is 0.395 e. The van der Waals surface area contributed by atoms with Gasteiger partial charge in [-0.25, -0.2) is 0 Å². The van der Waals surface area contributed by atoms with Crippen molar-refractivity contribution in [1.82, 2.24) is 9.80 Å². The fourth-order valence-electron chi connectivity index (χ4n) is 7.13. The van der Waals surface area contributed by atoms with Crippen LogP contribution in [-0.4, -0.2) is 85.7 Å². The van der Waals surface area contributed by atoms with Crippen molar-refractivity contribution in [2.75, 3.05) is 46.4 Å². The zero-order chi connectivity index (χ0) is 36.1. The largest absolute Gasteiger partial charge is 0.497 e. The van der Waals surface area contributed by atoms with Crippen molar-refractivity contribution in [3.8, 4) is 11.5 Å². The highest BCUT2D eigenvalue weighted by molar-refractivity contribution is 5.72. The van der Waals surface area contributed by atoms with E-state index < -0.39 is 17.2 Å². The molecular weight excluding hydrogens is 633 g/mol. The molecule has 0 aliphatic carbocycles. The Kier molecular flexibility index (Phi) is 12.4. The first kappa shape index (κ1) is 39.0. The number of alkyl halides is 3. The predicted molar refractivity (Wildman–Crippen MR) is 186 cm³/mol. The minimum atomic E-state index is -4.33. The van der Waals surface area contributed by atoms with Crippen molar-refractivity contribution < 1.29 is 36.9 Å². The summed E-state index contributed by atoms with van der Waals surface area (Å²) in [7, 11) is 1.64. The van der Waals surface area contributed by atoms with E-state index in [2.05, 4.69) is 30.9 Å². The van der Waals surface area contributed by atoms with E-state index in [9.17, 15) is 18.0 Å². The Morgan fingerprint density at radius 1 is 0.959 bits per heavy atom. The molecule has 0 saturated carbocycles. The number of carbonyl (C=O) groups excluding carboxylic acids is 1. The van der Waals surface area contributed by atoms with Gasteiger partial charge in [0.05, 0.1) is 24.7 Å². The zero-order valence-corrected chi connectivity index (χ0v) is 30.8. The molecule has 2 aromatic rings. The van der Waals surface area contributed by atoms with Gasteiger partial charge in [-0.1, -0.05) is 24.3 Å². The summed E-state index contributed by atoms with van der Waals surface area (Å²) in [6.45, 7) is 15.5. The molecule has 0 spiro atoms. The van der Waals surface area contributed by atoms with Crippen LogP contribution in [0.3, 0.4) is 0 Å². The van der Waals surface area contributed by atoms with Crippen LogP contribution in [0.15, 0.2) is 48.5 Å². The summed E-state index contributed by atoms with van der Waals surface area (Å²) < 4.78 is 65.7. The van der Waals surface area contributed by atoms with Crippen molar-refractivity contribution in [2.24, 2.45) is 5.41 Å². The molecular formula is C39H57F3N2O5. The van der Waals surface area contributed by atoms with Crippen LogP contribution in [0, 0.1) is 5.41 Å². The average Bonchev–Trinajstić information content (AvgIpc) is 3.00. The summed E-state index contributed by atoms with van der Waals surface area (Å²) in [6.07, 6.45) is -0.443. The number of nitrogens with zero attached hydrogens (tertiary/aromatic N) is 2. The van der Waals surface area contributed by atoms with Crippen LogP contribution >= 0.6 is 0 Å². The Balaban J connectivity index is 1.43. The number of likely N-dealkylation sites (tertiary alicyclic amines) is 1. The van der Waals surface area contributed by atoms with Crippen molar-refractivity contribution in [3.05, 3.63) is 59.7 Å². The lowest BCUT2D eigenvalue weighted by Crippen LogP contribution is -2.47. The SMILES string of the molecule is COc1ccc([C@]2(CCN(Cc3ccc(OC4CCN(CC(=O)OC(C)(C)C)CC4)cc3)CC(C)(C)C(F)(F)F)CCOC(C)(C)C2)cc1. The smallest absolute Gasteiger partial charge is 0.395 e. The van der Waals surface area contributed by atoms with Gasteiger partial charge in [0, 0.05) is 38.2 Å². The first-order valence-corrected chi connectivity index (χ1v) is 17.6. The van der Waals surface area contributed by atoms with Gasteiger partial charge >= 0.3 is 12.1 Å². The number of hydrogen-bond acceptors (Lipinski definition) is 7. The fraction of sp³-hybridized carbons (Fsp3) is 0.667. The van der Waals surface area contributed by atoms with Crippen LogP contribution in [-0.2, 0) is 26.2 Å². The molecule has 2 fully saturated rings. The normalized spacial score (nSPS) is 21.1. The highest BCUT2D eigenvalue weighted by Crippen LogP contribution is 2.45. The van der Waals surface area contributed by atoms with Gasteiger partial charge < -0.3 is 18.9 Å². The molecule has 2 aromatic carbocycles. The van der Waals surface area contributed by atoms with E-state index in [4.69, 9.17) is 18.9 Å². The molecule has 274 valence electrons. The van der Waals surface area contributed by atoms with Gasteiger partial charge in [-0.2, -0.15) is 13.2 Å². The number of halogens is 3. The summed E-state index contributed by atoms with van der Waals surface area (Å²) in [4.78, 5) is 16.3. The number of esters is 1. The monoisotopic (exact) mass is 690 g/mol. The molecule has 0 radical (unpaired) electrons. The van der Waals surface area contributed by atoms with E-state index >= 15 is 0 Å². The highest BCUT2D eigenvalue weighted by Gasteiger charge is 2.48. The Labute approximate surface area is 291 Å². The van der Waals surface area contributed by atoms with Crippen molar-refractivity contribution in [2.45, 2.75) is 116 Å². The third-order valence-electron chi connectivity index (χ3n) is 9.77. The highest BCUT2D eigenvalue weighted by atomic mass is 19.4. The average molecular weight is 691 g/mol. The quantitative estimate of drug-likeness (QED) is 0.197. The van der Waals surface area contributed by atoms with Gasteiger partial charge in [0.2, 0.25) is 0 Å². The summed E-state index contributed by atoms with van der Waals surface area (Å²) in [6, 6.07) is 15.8. The van der Waals surface area contributed by atoms with Gasteiger partial charge in [0.15, 0.2) is 0 Å². The molecule has 4 rings (SSSR count). The molecule has 1 atom stereocenters. The van der Waals surface area contributed by atoms with Crippen LogP contribution in [0.4, 0.5) is 13.2 Å². The number of benzene rings is 2. The lowest BCUT2D eigenvalue weighted by atomic mass is 9.67. The maximum atomic E-state index is 14.2. The lowest BCUT2D eigenvalue weighted by molar-refractivity contribution is -0.217. The number of rotatable bonds is 13. The fourth-order valence-corrected chi connectivity index (χ4v) is 7.13. The second kappa shape index (κ2) is 15.6. The molecule has 2 heterocycles. The van der Waals surface area contributed by atoms with Crippen LogP contribution in [0.5, 0.6) is 11.5 Å². The first-order valence-electron chi connectivity index (χ1n) is 17.6. The molecule has 2 aliphatic rings. The Morgan fingerprint density at radius 2 is 1.57 bits per heavy atom. The zero-order valence-electron chi connectivity index (χ0n) is 30.8. The van der Waals surface area contributed by atoms with E-state index in [1.807, 2.05) is 62.1 Å². The molecule has 0 bridgehead atoms. The van der Waals surface area contributed by atoms with Gasteiger partial charge in [0.25, 0.3) is 0 Å². The first-order chi connectivity index (χ1) is 22.8. The van der Waals surface area contributed by atoms with E-state index in [0.717, 1.165) is 61.4 Å². The molecule has 0 unspecified atom stereocenters. The van der Waals surface area contributed by atoms with Crippen molar-refractivity contribution in [1.29, 1.82) is 0 Å². The number of hydrogen-bond donors (Lipinski definition) is 0. The van der Waals surface area contributed by atoms with Gasteiger partial charge in [-0.3, -0.25) is 14.6 Å². The van der Waals surface area contributed by atoms with Gasteiger partial charge in [0.1, 0.15) is 23.2 Å². The number of piperidine rings is 1. The lowest BCUT2D eigenvalue weighted by Gasteiger charge is -2.46. The molecule has 0 amide bonds. The standard InChI is InChI=1S/C39H57F3N2O5/c1-35(2,3)49-34(45)26-43-21-17-33(18-22-43)48-32-13-9-29(10-14-32)25-44(28-36(4,5)39(40,41)42)23-19-38(20-24-47-37(6,7)27-38)30-11-15-31(46-8)16-12-30/h9-16,33H,17-28H2,1-8H3/t38-/m1/s1. The third-order valence-corrected chi connectivity index (χ3v) is 9.77.